The summed E-state index contributed by atoms with van der Waals surface area (Å²) in [5, 5.41) is 17.9. The summed E-state index contributed by atoms with van der Waals surface area (Å²) in [6.45, 7) is 0. The van der Waals surface area contributed by atoms with Gasteiger partial charge in [-0.05, 0) is 24.4 Å². The molecule has 0 unspecified atom stereocenters. The topological polar surface area (TPSA) is 67.0 Å². The summed E-state index contributed by atoms with van der Waals surface area (Å²) in [4.78, 5) is 9.61. The first-order valence-electron chi connectivity index (χ1n) is 3.05. The molecule has 4 nitrogen and oxygen atoms in total. The fourth-order valence-corrected chi connectivity index (χ4v) is 0.689. The van der Waals surface area contributed by atoms with Crippen LogP contribution in [0.5, 0.6) is 0 Å². The Kier molecular flexibility index (Phi) is 5.63. The van der Waals surface area contributed by atoms with E-state index in [1.807, 2.05) is 0 Å². The van der Waals surface area contributed by atoms with Crippen molar-refractivity contribution in [1.82, 2.24) is 0 Å². The highest BCUT2D eigenvalue weighted by Crippen LogP contribution is 2.14. The van der Waals surface area contributed by atoms with Crippen molar-refractivity contribution in [1.29, 1.82) is 5.41 Å². The average Bonchev–Trinajstić information content (AvgIpc) is 2.06. The average molecular weight is 217 g/mol. The molecule has 0 atom stereocenters. The molecule has 0 aliphatic rings. The van der Waals surface area contributed by atoms with Gasteiger partial charge in [0.05, 0.1) is 10.1 Å². The molecule has 0 saturated heterocycles. The molecule has 0 amide bonds. The third-order valence-electron chi connectivity index (χ3n) is 1.04. The van der Waals surface area contributed by atoms with Crippen LogP contribution < -0.4 is 0 Å². The van der Waals surface area contributed by atoms with Crippen molar-refractivity contribution in [2.24, 2.45) is 0 Å². The summed E-state index contributed by atoms with van der Waals surface area (Å²) in [5.74, 6) is 0. The van der Waals surface area contributed by atoms with E-state index in [0.29, 0.717) is 5.02 Å². The van der Waals surface area contributed by atoms with Crippen molar-refractivity contribution < 1.29 is 4.92 Å². The lowest BCUT2D eigenvalue weighted by Gasteiger charge is -1.88. The second-order valence-electron chi connectivity index (χ2n) is 1.84. The van der Waals surface area contributed by atoms with Crippen LogP contribution in [0.2, 0.25) is 5.02 Å². The summed E-state index contributed by atoms with van der Waals surface area (Å²) in [7, 11) is 0. The lowest BCUT2D eigenvalue weighted by Crippen LogP contribution is -1.85. The van der Waals surface area contributed by atoms with Gasteiger partial charge in [0, 0.05) is 17.2 Å². The molecular formula is C7H5ClN2O2S. The lowest BCUT2D eigenvalue weighted by atomic mass is 10.3. The molecule has 0 heterocycles. The van der Waals surface area contributed by atoms with Gasteiger partial charge in [0.15, 0.2) is 0 Å². The minimum Gasteiger partial charge on any atom is -0.258 e. The molecule has 0 spiro atoms. The summed E-state index contributed by atoms with van der Waals surface area (Å²) >= 11 is 9.30. The second-order valence-corrected chi connectivity index (χ2v) is 2.48. The summed E-state index contributed by atoms with van der Waals surface area (Å²) in [6.07, 6.45) is 0. The number of thiocarbonyl (C=S) groups is 1. The number of halogens is 1. The molecule has 1 N–H and O–H groups in total. The van der Waals surface area contributed by atoms with E-state index in [0.717, 1.165) is 0 Å². The smallest absolute Gasteiger partial charge is 0.258 e. The van der Waals surface area contributed by atoms with Gasteiger partial charge in [0.1, 0.15) is 0 Å². The van der Waals surface area contributed by atoms with Crippen LogP contribution >= 0.6 is 23.8 Å². The predicted octanol–water partition coefficient (Wildman–Crippen LogP) is 2.92. The van der Waals surface area contributed by atoms with Crippen molar-refractivity contribution in [2.75, 3.05) is 0 Å². The van der Waals surface area contributed by atoms with E-state index in [2.05, 4.69) is 12.2 Å². The highest BCUT2D eigenvalue weighted by Gasteiger charge is 2.01. The molecule has 1 aromatic carbocycles. The van der Waals surface area contributed by atoms with E-state index in [4.69, 9.17) is 17.0 Å². The Balaban J connectivity index is 0.000000424. The van der Waals surface area contributed by atoms with Crippen molar-refractivity contribution in [3.8, 4) is 0 Å². The summed E-state index contributed by atoms with van der Waals surface area (Å²) < 4.78 is 0. The van der Waals surface area contributed by atoms with Gasteiger partial charge in [0.25, 0.3) is 5.69 Å². The van der Waals surface area contributed by atoms with Crippen LogP contribution in [0, 0.1) is 15.5 Å². The number of nitrogens with zero attached hydrogens (tertiary/aromatic N) is 1. The van der Waals surface area contributed by atoms with Crippen LogP contribution in [0.25, 0.3) is 0 Å². The molecule has 0 aromatic heterocycles. The van der Waals surface area contributed by atoms with Crippen LogP contribution in [-0.4, -0.2) is 10.1 Å². The standard InChI is InChI=1S/C6H4ClNO2.CHNS/c7-5-1-3-6(4-2-5)8(9)10;2-1-3/h1-4H;2H. The van der Waals surface area contributed by atoms with Crippen LogP contribution in [0.15, 0.2) is 24.3 Å². The third-order valence-corrected chi connectivity index (χ3v) is 1.29. The molecule has 0 radical (unpaired) electrons. The van der Waals surface area contributed by atoms with Crippen LogP contribution in [0.1, 0.15) is 0 Å². The zero-order valence-corrected chi connectivity index (χ0v) is 7.93. The van der Waals surface area contributed by atoms with E-state index in [1.54, 1.807) is 5.16 Å². The van der Waals surface area contributed by atoms with Gasteiger partial charge >= 0.3 is 0 Å². The maximum atomic E-state index is 10.1. The number of rotatable bonds is 1. The van der Waals surface area contributed by atoms with Gasteiger partial charge < -0.3 is 0 Å². The van der Waals surface area contributed by atoms with Crippen molar-refractivity contribution in [2.45, 2.75) is 0 Å². The number of nitrogens with one attached hydrogen (secondary N) is 1. The Morgan fingerprint density at radius 1 is 1.46 bits per heavy atom. The van der Waals surface area contributed by atoms with Gasteiger partial charge in [-0.2, -0.15) is 0 Å². The van der Waals surface area contributed by atoms with Crippen molar-refractivity contribution in [3.05, 3.63) is 39.4 Å². The van der Waals surface area contributed by atoms with Gasteiger partial charge in [-0.3, -0.25) is 10.1 Å². The molecular weight excluding hydrogens is 212 g/mol. The Morgan fingerprint density at radius 2 is 1.85 bits per heavy atom. The molecule has 0 aliphatic carbocycles. The second kappa shape index (κ2) is 6.25. The van der Waals surface area contributed by atoms with Crippen LogP contribution in [0.3, 0.4) is 0 Å². The van der Waals surface area contributed by atoms with Crippen LogP contribution in [-0.2, 0) is 0 Å². The number of hydrogen-bond acceptors (Lipinski definition) is 4. The number of nitro groups is 1. The molecule has 0 saturated carbocycles. The van der Waals surface area contributed by atoms with E-state index in [1.165, 1.54) is 24.3 Å². The number of benzene rings is 1. The van der Waals surface area contributed by atoms with E-state index < -0.39 is 4.92 Å². The number of hydrogen-bond donors (Lipinski definition) is 1. The van der Waals surface area contributed by atoms with Gasteiger partial charge in [-0.15, -0.1) is 0 Å². The Morgan fingerprint density at radius 3 is 2.15 bits per heavy atom. The first-order chi connectivity index (χ1) is 6.11. The zero-order chi connectivity index (χ0) is 10.3. The highest BCUT2D eigenvalue weighted by atomic mass is 35.5. The lowest BCUT2D eigenvalue weighted by molar-refractivity contribution is -0.384. The van der Waals surface area contributed by atoms with Crippen LogP contribution in [0.4, 0.5) is 5.69 Å². The molecule has 6 heteroatoms. The maximum absolute atomic E-state index is 10.1. The number of isothiocyanates is 1. The van der Waals surface area contributed by atoms with E-state index in [-0.39, 0.29) is 5.69 Å². The molecule has 0 bridgehead atoms. The quantitative estimate of drug-likeness (QED) is 0.340. The van der Waals surface area contributed by atoms with Gasteiger partial charge in [-0.1, -0.05) is 11.6 Å². The van der Waals surface area contributed by atoms with Gasteiger partial charge in [0.2, 0.25) is 0 Å². The minimum atomic E-state index is -0.462. The largest absolute Gasteiger partial charge is 0.269 e. The third kappa shape index (κ3) is 5.03. The number of non-ortho nitro benzene ring substituents is 1. The number of nitro benzene ring substituents is 1. The van der Waals surface area contributed by atoms with Crippen molar-refractivity contribution in [3.63, 3.8) is 0 Å². The Bertz CT molecular complexity index is 320. The predicted molar refractivity (Wildman–Crippen MR) is 53.4 cm³/mol. The normalized spacial score (nSPS) is 7.77. The monoisotopic (exact) mass is 216 g/mol. The minimum absolute atomic E-state index is 0.0596. The molecule has 68 valence electrons. The zero-order valence-electron chi connectivity index (χ0n) is 6.36. The van der Waals surface area contributed by atoms with E-state index >= 15 is 0 Å². The summed E-state index contributed by atoms with van der Waals surface area (Å²) in [5.41, 5.74) is 0.0596. The molecule has 1 rings (SSSR count). The van der Waals surface area contributed by atoms with Crippen molar-refractivity contribution >= 4 is 34.7 Å². The Hall–Kier alpha value is -1.29. The fraction of sp³-hybridized carbons (Fsp3) is 0. The summed E-state index contributed by atoms with van der Waals surface area (Å²) in [6, 6.07) is 5.70. The highest BCUT2D eigenvalue weighted by molar-refractivity contribution is 7.78. The fourth-order valence-electron chi connectivity index (χ4n) is 0.563. The first kappa shape index (κ1) is 11.7. The first-order valence-corrected chi connectivity index (χ1v) is 3.84. The van der Waals surface area contributed by atoms with E-state index in [9.17, 15) is 10.1 Å². The van der Waals surface area contributed by atoms with Gasteiger partial charge in [-0.25, -0.2) is 5.41 Å². The Labute approximate surface area is 84.8 Å². The molecule has 0 aliphatic heterocycles. The molecule has 0 fully saturated rings. The SMILES string of the molecule is N=C=S.O=[N+]([O-])c1ccc(Cl)cc1. The molecule has 1 aromatic rings. The maximum Gasteiger partial charge on any atom is 0.269 e. The molecule has 13 heavy (non-hydrogen) atoms.